The topological polar surface area (TPSA) is 77.2 Å². The van der Waals surface area contributed by atoms with Crippen molar-refractivity contribution in [2.45, 2.75) is 11.3 Å². The summed E-state index contributed by atoms with van der Waals surface area (Å²) in [5, 5.41) is 0. The highest BCUT2D eigenvalue weighted by molar-refractivity contribution is 7.90. The monoisotopic (exact) mass is 297 g/mol. The molecule has 0 spiro atoms. The minimum Gasteiger partial charge on any atom is -0.399 e. The lowest BCUT2D eigenvalue weighted by molar-refractivity contribution is 0.535. The van der Waals surface area contributed by atoms with Gasteiger partial charge in [-0.25, -0.2) is 17.2 Å². The fourth-order valence-electron chi connectivity index (χ4n) is 1.35. The van der Waals surface area contributed by atoms with E-state index in [1.807, 2.05) is 0 Å². The van der Waals surface area contributed by atoms with Gasteiger partial charge in [-0.1, -0.05) is 0 Å². The highest BCUT2D eigenvalue weighted by atomic mass is 32.2. The van der Waals surface area contributed by atoms with Gasteiger partial charge in [0, 0.05) is 17.7 Å². The lowest BCUT2D eigenvalue weighted by atomic mass is 10.3. The Morgan fingerprint density at radius 3 is 2.22 bits per heavy atom. The second kappa shape index (κ2) is 5.75. The number of hydrogen-bond acceptors (Lipinski definition) is 4. The summed E-state index contributed by atoms with van der Waals surface area (Å²) in [6.45, 7) is 0. The van der Waals surface area contributed by atoms with Gasteiger partial charge < -0.3 is 5.73 Å². The molecule has 0 saturated carbocycles. The molecule has 4 nitrogen and oxygen atoms in total. The maximum absolute atomic E-state index is 13.4. The van der Waals surface area contributed by atoms with Crippen LogP contribution < -0.4 is 5.73 Å². The summed E-state index contributed by atoms with van der Waals surface area (Å²) in [7, 11) is -5.09. The third-order valence-electron chi connectivity index (χ3n) is 2.09. The fourth-order valence-corrected chi connectivity index (χ4v) is 3.37. The lowest BCUT2D eigenvalue weighted by Gasteiger charge is -2.06. The van der Waals surface area contributed by atoms with Gasteiger partial charge in [-0.3, -0.25) is 4.21 Å². The average molecular weight is 297 g/mol. The van der Waals surface area contributed by atoms with Crippen LogP contribution in [0.2, 0.25) is 0 Å². The van der Waals surface area contributed by atoms with Gasteiger partial charge in [0.05, 0.1) is 16.6 Å². The molecule has 1 rings (SSSR count). The van der Waals surface area contributed by atoms with Gasteiger partial charge in [0.25, 0.3) is 0 Å². The molecule has 1 atom stereocenters. The van der Waals surface area contributed by atoms with Gasteiger partial charge in [0.1, 0.15) is 26.4 Å². The quantitative estimate of drug-likeness (QED) is 0.825. The Hall–Kier alpha value is -1.02. The van der Waals surface area contributed by atoms with Crippen LogP contribution in [0, 0.1) is 11.6 Å². The second-order valence-corrected chi connectivity index (χ2v) is 7.61. The molecule has 102 valence electrons. The Kier molecular flexibility index (Phi) is 4.80. The van der Waals surface area contributed by atoms with Crippen LogP contribution in [0.15, 0.2) is 17.0 Å². The number of sulfone groups is 1. The summed E-state index contributed by atoms with van der Waals surface area (Å²) in [5.74, 6) is -2.25. The van der Waals surface area contributed by atoms with E-state index in [4.69, 9.17) is 5.73 Å². The van der Waals surface area contributed by atoms with Crippen LogP contribution in [0.4, 0.5) is 14.5 Å². The van der Waals surface area contributed by atoms with E-state index < -0.39 is 37.2 Å². The maximum atomic E-state index is 13.4. The van der Waals surface area contributed by atoms with E-state index in [1.165, 1.54) is 0 Å². The minimum absolute atomic E-state index is 0.0781. The van der Waals surface area contributed by atoms with Crippen molar-refractivity contribution >= 4 is 26.3 Å². The average Bonchev–Trinajstić information content (AvgIpc) is 2.13. The summed E-state index contributed by atoms with van der Waals surface area (Å²) in [5.41, 5.74) is 5.13. The van der Waals surface area contributed by atoms with Crippen LogP contribution >= 0.6 is 0 Å². The molecule has 0 aliphatic heterocycles. The van der Waals surface area contributed by atoms with Crippen LogP contribution in [0.3, 0.4) is 0 Å². The Morgan fingerprint density at radius 1 is 1.28 bits per heavy atom. The predicted octanol–water partition coefficient (Wildman–Crippen LogP) is 1.09. The van der Waals surface area contributed by atoms with Crippen molar-refractivity contribution in [3.8, 4) is 0 Å². The summed E-state index contributed by atoms with van der Waals surface area (Å²) in [4.78, 5) is -0.558. The van der Waals surface area contributed by atoms with Crippen molar-refractivity contribution in [3.63, 3.8) is 0 Å². The van der Waals surface area contributed by atoms with Crippen LogP contribution in [0.5, 0.6) is 0 Å². The Labute approximate surface area is 107 Å². The van der Waals surface area contributed by atoms with Gasteiger partial charge in [0.15, 0.2) is 0 Å². The maximum Gasteiger partial charge on any atom is 0.147 e. The Morgan fingerprint density at radius 2 is 1.78 bits per heavy atom. The molecule has 1 aromatic rings. The lowest BCUT2D eigenvalue weighted by Crippen LogP contribution is -2.10. The molecular formula is C10H13F2NO3S2. The molecule has 0 fully saturated rings. The predicted molar refractivity (Wildman–Crippen MR) is 66.4 cm³/mol. The first-order valence-corrected chi connectivity index (χ1v) is 8.39. The number of benzene rings is 1. The third-order valence-corrected chi connectivity index (χ3v) is 4.63. The molecule has 1 unspecified atom stereocenters. The van der Waals surface area contributed by atoms with Crippen LogP contribution in [-0.2, 0) is 20.6 Å². The molecule has 0 radical (unpaired) electrons. The Balaban J connectivity index is 2.80. The number of nitrogen functional groups attached to an aromatic ring is 1. The first kappa shape index (κ1) is 15.0. The Bertz CT molecular complexity index is 549. The van der Waals surface area contributed by atoms with Gasteiger partial charge in [-0.2, -0.15) is 0 Å². The van der Waals surface area contributed by atoms with Crippen LogP contribution in [-0.4, -0.2) is 30.4 Å². The zero-order chi connectivity index (χ0) is 13.9. The number of rotatable bonds is 5. The van der Waals surface area contributed by atoms with Crippen molar-refractivity contribution in [3.05, 3.63) is 23.8 Å². The minimum atomic E-state index is -3.17. The van der Waals surface area contributed by atoms with Crippen LogP contribution in [0.1, 0.15) is 6.42 Å². The first-order chi connectivity index (χ1) is 8.20. The number of anilines is 1. The molecule has 0 amide bonds. The molecule has 18 heavy (non-hydrogen) atoms. The van der Waals surface area contributed by atoms with E-state index in [0.717, 1.165) is 18.4 Å². The summed E-state index contributed by atoms with van der Waals surface area (Å²) in [6.07, 6.45) is 1.12. The van der Waals surface area contributed by atoms with E-state index in [-0.39, 0.29) is 23.6 Å². The van der Waals surface area contributed by atoms with Gasteiger partial charge in [-0.05, 0) is 18.6 Å². The summed E-state index contributed by atoms with van der Waals surface area (Å²) < 4.78 is 60.2. The molecule has 2 N–H and O–H groups in total. The molecule has 0 bridgehead atoms. The van der Waals surface area contributed by atoms with E-state index >= 15 is 0 Å². The van der Waals surface area contributed by atoms with Crippen molar-refractivity contribution in [2.24, 2.45) is 0 Å². The number of nitrogens with two attached hydrogens (primary N) is 1. The van der Waals surface area contributed by atoms with E-state index in [2.05, 4.69) is 0 Å². The SMILES string of the molecule is CS(=O)(=O)CCCS(=O)c1c(F)cc(N)cc1F. The van der Waals surface area contributed by atoms with E-state index in [0.29, 0.717) is 0 Å². The zero-order valence-corrected chi connectivity index (χ0v) is 11.3. The highest BCUT2D eigenvalue weighted by Crippen LogP contribution is 2.20. The fraction of sp³-hybridized carbons (Fsp3) is 0.400. The number of hydrogen-bond donors (Lipinski definition) is 1. The highest BCUT2D eigenvalue weighted by Gasteiger charge is 2.17. The van der Waals surface area contributed by atoms with Crippen molar-refractivity contribution in [1.82, 2.24) is 0 Å². The van der Waals surface area contributed by atoms with Gasteiger partial charge in [0.2, 0.25) is 0 Å². The molecule has 0 saturated heterocycles. The normalized spacial score (nSPS) is 13.5. The first-order valence-electron chi connectivity index (χ1n) is 5.01. The second-order valence-electron chi connectivity index (χ2n) is 3.85. The molecule has 0 aliphatic carbocycles. The van der Waals surface area contributed by atoms with E-state index in [9.17, 15) is 21.4 Å². The summed E-state index contributed by atoms with van der Waals surface area (Å²) in [6, 6.07) is 1.76. The van der Waals surface area contributed by atoms with Gasteiger partial charge >= 0.3 is 0 Å². The summed E-state index contributed by atoms with van der Waals surface area (Å²) >= 11 is 0. The van der Waals surface area contributed by atoms with Gasteiger partial charge in [-0.15, -0.1) is 0 Å². The van der Waals surface area contributed by atoms with E-state index in [1.54, 1.807) is 0 Å². The largest absolute Gasteiger partial charge is 0.399 e. The molecule has 0 heterocycles. The van der Waals surface area contributed by atoms with Crippen LogP contribution in [0.25, 0.3) is 0 Å². The number of halogens is 2. The molecule has 0 aromatic heterocycles. The molecule has 8 heteroatoms. The van der Waals surface area contributed by atoms with Crippen molar-refractivity contribution in [1.29, 1.82) is 0 Å². The third kappa shape index (κ3) is 4.34. The molecular weight excluding hydrogens is 284 g/mol. The standard InChI is InChI=1S/C10H13F2NO3S2/c1-18(15,16)4-2-3-17(14)10-8(11)5-7(13)6-9(10)12/h5-6H,2-4,13H2,1H3. The molecule has 1 aromatic carbocycles. The molecule has 0 aliphatic rings. The smallest absolute Gasteiger partial charge is 0.147 e. The van der Waals surface area contributed by atoms with Crippen molar-refractivity contribution < 1.29 is 21.4 Å². The zero-order valence-electron chi connectivity index (χ0n) is 9.65. The van der Waals surface area contributed by atoms with Crippen molar-refractivity contribution in [2.75, 3.05) is 23.5 Å².